The number of hydrogen-bond acceptors (Lipinski definition) is 3. The first-order valence-corrected chi connectivity index (χ1v) is 5.80. The number of sulfone groups is 1. The second-order valence-electron chi connectivity index (χ2n) is 2.99. The zero-order valence-corrected chi connectivity index (χ0v) is 8.61. The third-order valence-electron chi connectivity index (χ3n) is 1.77. The molecular weight excluding hydrogens is 224 g/mol. The first-order valence-electron chi connectivity index (χ1n) is 3.91. The SMILES string of the molecule is CS(=O)(=O)c1cc(F)c(F)c(CC#N)c1. The number of benzene rings is 1. The molecule has 0 spiro atoms. The molecule has 0 saturated heterocycles. The standard InChI is InChI=1S/C9H7F2NO2S/c1-15(13,14)7-4-6(2-3-12)9(11)8(10)5-7/h4-5H,2H2,1H3. The Labute approximate surface area is 85.9 Å². The molecule has 6 heteroatoms. The van der Waals surface area contributed by atoms with Crippen LogP contribution in [0, 0.1) is 23.0 Å². The Hall–Kier alpha value is -1.48. The van der Waals surface area contributed by atoms with Gasteiger partial charge in [0.25, 0.3) is 0 Å². The Morgan fingerprint density at radius 3 is 2.47 bits per heavy atom. The van der Waals surface area contributed by atoms with Gasteiger partial charge in [-0.15, -0.1) is 0 Å². The van der Waals surface area contributed by atoms with Gasteiger partial charge in [-0.25, -0.2) is 17.2 Å². The molecule has 1 aromatic carbocycles. The van der Waals surface area contributed by atoms with E-state index in [4.69, 9.17) is 5.26 Å². The van der Waals surface area contributed by atoms with E-state index in [9.17, 15) is 17.2 Å². The van der Waals surface area contributed by atoms with Crippen molar-refractivity contribution in [2.24, 2.45) is 0 Å². The number of halogens is 2. The van der Waals surface area contributed by atoms with E-state index in [1.165, 1.54) is 0 Å². The predicted molar refractivity (Wildman–Crippen MR) is 48.8 cm³/mol. The summed E-state index contributed by atoms with van der Waals surface area (Å²) in [5.41, 5.74) is -0.252. The van der Waals surface area contributed by atoms with Crippen molar-refractivity contribution in [3.05, 3.63) is 29.3 Å². The van der Waals surface area contributed by atoms with Gasteiger partial charge in [0.1, 0.15) is 0 Å². The van der Waals surface area contributed by atoms with Crippen LogP contribution >= 0.6 is 0 Å². The van der Waals surface area contributed by atoms with Crippen LogP contribution in [0.1, 0.15) is 5.56 Å². The van der Waals surface area contributed by atoms with Crippen LogP contribution in [0.2, 0.25) is 0 Å². The summed E-state index contributed by atoms with van der Waals surface area (Å²) in [5.74, 6) is -2.44. The Morgan fingerprint density at radius 1 is 1.40 bits per heavy atom. The van der Waals surface area contributed by atoms with Crippen LogP contribution in [0.15, 0.2) is 17.0 Å². The highest BCUT2D eigenvalue weighted by molar-refractivity contribution is 7.90. The number of nitriles is 1. The molecule has 0 aliphatic rings. The number of rotatable bonds is 2. The van der Waals surface area contributed by atoms with E-state index in [0.717, 1.165) is 12.3 Å². The maximum atomic E-state index is 13.0. The average Bonchev–Trinajstić information content (AvgIpc) is 2.11. The zero-order valence-electron chi connectivity index (χ0n) is 7.79. The highest BCUT2D eigenvalue weighted by Crippen LogP contribution is 2.18. The van der Waals surface area contributed by atoms with Crippen molar-refractivity contribution >= 4 is 9.84 Å². The minimum absolute atomic E-state index is 0.252. The van der Waals surface area contributed by atoms with Gasteiger partial charge in [0.2, 0.25) is 0 Å². The van der Waals surface area contributed by atoms with E-state index in [1.807, 2.05) is 0 Å². The Balaban J connectivity index is 3.44. The van der Waals surface area contributed by atoms with Gasteiger partial charge in [-0.2, -0.15) is 5.26 Å². The van der Waals surface area contributed by atoms with Crippen molar-refractivity contribution in [1.29, 1.82) is 5.26 Å². The molecule has 15 heavy (non-hydrogen) atoms. The normalized spacial score (nSPS) is 11.1. The van der Waals surface area contributed by atoms with E-state index in [0.29, 0.717) is 6.07 Å². The lowest BCUT2D eigenvalue weighted by Crippen LogP contribution is -2.02. The second-order valence-corrected chi connectivity index (χ2v) is 5.00. The maximum absolute atomic E-state index is 13.0. The molecule has 0 heterocycles. The quantitative estimate of drug-likeness (QED) is 0.723. The van der Waals surface area contributed by atoms with Gasteiger partial charge in [-0.1, -0.05) is 0 Å². The molecule has 0 bridgehead atoms. The summed E-state index contributed by atoms with van der Waals surface area (Å²) in [4.78, 5) is -0.327. The first kappa shape index (κ1) is 11.6. The van der Waals surface area contributed by atoms with Crippen molar-refractivity contribution in [2.75, 3.05) is 6.26 Å². The molecule has 1 aromatic rings. The average molecular weight is 231 g/mol. The van der Waals surface area contributed by atoms with Crippen molar-refractivity contribution in [1.82, 2.24) is 0 Å². The third kappa shape index (κ3) is 2.50. The van der Waals surface area contributed by atoms with Crippen molar-refractivity contribution in [3.63, 3.8) is 0 Å². The van der Waals surface area contributed by atoms with E-state index in [-0.39, 0.29) is 16.9 Å². The molecule has 0 amide bonds. The highest BCUT2D eigenvalue weighted by Gasteiger charge is 2.15. The van der Waals surface area contributed by atoms with Gasteiger partial charge >= 0.3 is 0 Å². The summed E-state index contributed by atoms with van der Waals surface area (Å²) in [6, 6.07) is 3.20. The minimum atomic E-state index is -3.60. The van der Waals surface area contributed by atoms with Gasteiger partial charge in [0.05, 0.1) is 17.4 Å². The molecule has 3 nitrogen and oxygen atoms in total. The Morgan fingerprint density at radius 2 is 2.00 bits per heavy atom. The summed E-state index contributed by atoms with van der Waals surface area (Å²) < 4.78 is 48.1. The van der Waals surface area contributed by atoms with E-state index in [2.05, 4.69) is 0 Å². The molecule has 0 aliphatic carbocycles. The number of nitrogens with zero attached hydrogens (tertiary/aromatic N) is 1. The molecule has 0 fully saturated rings. The van der Waals surface area contributed by atoms with Crippen molar-refractivity contribution < 1.29 is 17.2 Å². The fraction of sp³-hybridized carbons (Fsp3) is 0.222. The summed E-state index contributed by atoms with van der Waals surface area (Å²) in [7, 11) is -3.60. The second kappa shape index (κ2) is 3.95. The number of hydrogen-bond donors (Lipinski definition) is 0. The molecule has 0 unspecified atom stereocenters. The Kier molecular flexibility index (Phi) is 3.05. The van der Waals surface area contributed by atoms with Gasteiger partial charge in [0.15, 0.2) is 21.5 Å². The third-order valence-corrected chi connectivity index (χ3v) is 2.87. The van der Waals surface area contributed by atoms with E-state index < -0.39 is 21.5 Å². The molecule has 1 rings (SSSR count). The van der Waals surface area contributed by atoms with Crippen molar-refractivity contribution in [3.8, 4) is 6.07 Å². The topological polar surface area (TPSA) is 57.9 Å². The van der Waals surface area contributed by atoms with Crippen LogP contribution in [-0.4, -0.2) is 14.7 Å². The molecule has 0 radical (unpaired) electrons. The first-order chi connectivity index (χ1) is 6.86. The lowest BCUT2D eigenvalue weighted by molar-refractivity contribution is 0.497. The summed E-state index contributed by atoms with van der Waals surface area (Å²) >= 11 is 0. The van der Waals surface area contributed by atoms with Gasteiger partial charge < -0.3 is 0 Å². The van der Waals surface area contributed by atoms with Gasteiger partial charge in [-0.05, 0) is 12.1 Å². The molecule has 0 atom stereocenters. The maximum Gasteiger partial charge on any atom is 0.175 e. The molecule has 0 N–H and O–H groups in total. The zero-order chi connectivity index (χ0) is 11.6. The molecule has 0 aromatic heterocycles. The smallest absolute Gasteiger partial charge is 0.175 e. The largest absolute Gasteiger partial charge is 0.224 e. The van der Waals surface area contributed by atoms with Crippen LogP contribution in [0.4, 0.5) is 8.78 Å². The van der Waals surface area contributed by atoms with Gasteiger partial charge in [-0.3, -0.25) is 0 Å². The molecule has 0 saturated carbocycles. The summed E-state index contributed by atoms with van der Waals surface area (Å²) in [6.45, 7) is 0. The van der Waals surface area contributed by atoms with Gasteiger partial charge in [0, 0.05) is 11.8 Å². The summed E-state index contributed by atoms with van der Waals surface area (Å²) in [6.07, 6.45) is 0.516. The lowest BCUT2D eigenvalue weighted by atomic mass is 10.1. The van der Waals surface area contributed by atoms with Crippen molar-refractivity contribution in [2.45, 2.75) is 11.3 Å². The van der Waals surface area contributed by atoms with Crippen LogP contribution in [0.25, 0.3) is 0 Å². The fourth-order valence-electron chi connectivity index (χ4n) is 1.05. The summed E-state index contributed by atoms with van der Waals surface area (Å²) in [5, 5.41) is 8.34. The lowest BCUT2D eigenvalue weighted by Gasteiger charge is -2.03. The van der Waals surface area contributed by atoms with E-state index in [1.54, 1.807) is 6.07 Å². The van der Waals surface area contributed by atoms with Crippen LogP contribution in [0.5, 0.6) is 0 Å². The molecule has 80 valence electrons. The monoisotopic (exact) mass is 231 g/mol. The molecule has 0 aliphatic heterocycles. The van der Waals surface area contributed by atoms with Crippen LogP contribution < -0.4 is 0 Å². The van der Waals surface area contributed by atoms with E-state index >= 15 is 0 Å². The van der Waals surface area contributed by atoms with Crippen LogP contribution in [0.3, 0.4) is 0 Å². The predicted octanol–water partition coefficient (Wildman–Crippen LogP) is 1.43. The fourth-order valence-corrected chi connectivity index (χ4v) is 1.72. The minimum Gasteiger partial charge on any atom is -0.224 e. The van der Waals surface area contributed by atoms with Crippen LogP contribution in [-0.2, 0) is 16.3 Å². The highest BCUT2D eigenvalue weighted by atomic mass is 32.2. The Bertz CT molecular complexity index is 532. The molecular formula is C9H7F2NO2S.